The average molecular weight is 524 g/mol. The van der Waals surface area contributed by atoms with E-state index in [9.17, 15) is 0 Å². The molecule has 0 radical (unpaired) electrons. The van der Waals surface area contributed by atoms with Gasteiger partial charge in [0.25, 0.3) is 0 Å². The molecule has 1 aliphatic heterocycles. The first kappa shape index (κ1) is 25.5. The van der Waals surface area contributed by atoms with Gasteiger partial charge in [-0.05, 0) is 56.2 Å². The topological polar surface area (TPSA) is 21.6 Å². The van der Waals surface area contributed by atoms with Crippen molar-refractivity contribution in [3.8, 4) is 0 Å². The summed E-state index contributed by atoms with van der Waals surface area (Å²) in [6, 6.07) is 30.5. The summed E-state index contributed by atoms with van der Waals surface area (Å²) in [6.45, 7) is 8.74. The summed E-state index contributed by atoms with van der Waals surface area (Å²) in [4.78, 5) is 5.05. The standard InChI is InChI=1S/C26H28NOP.CH3.Pd/c1-19(2)24-26(3,4)28-25(27-24)22-17-11-12-18-23(22)29(20-13-7-5-8-14-20)21-15-9-6-10-16-21;;/h5-19,24H,1-4H3;1H3;/q;-1;/p+1/t24-;;/m1../s1. The van der Waals surface area contributed by atoms with Crippen LogP contribution in [0.1, 0.15) is 33.3 Å². The van der Waals surface area contributed by atoms with Crippen molar-refractivity contribution >= 4 is 29.7 Å². The second kappa shape index (κ2) is 10.7. The first-order chi connectivity index (χ1) is 14.0. The third-order valence-corrected chi connectivity index (χ3v) is 8.31. The normalized spacial score (nSPS) is 16.8. The number of rotatable bonds is 5. The van der Waals surface area contributed by atoms with Gasteiger partial charge in [0.1, 0.15) is 21.5 Å². The molecule has 0 bridgehead atoms. The van der Waals surface area contributed by atoms with E-state index in [2.05, 4.69) is 113 Å². The summed E-state index contributed by atoms with van der Waals surface area (Å²) in [6.07, 6.45) is 0. The molecular weight excluding hydrogens is 492 g/mol. The van der Waals surface area contributed by atoms with Gasteiger partial charge in [-0.1, -0.05) is 62.4 Å². The van der Waals surface area contributed by atoms with Crippen LogP contribution in [0, 0.1) is 13.3 Å². The van der Waals surface area contributed by atoms with Crippen molar-refractivity contribution in [1.29, 1.82) is 0 Å². The second-order valence-electron chi connectivity index (χ2n) is 8.48. The van der Waals surface area contributed by atoms with Crippen LogP contribution < -0.4 is 15.9 Å². The second-order valence-corrected chi connectivity index (χ2v) is 10.9. The van der Waals surface area contributed by atoms with Gasteiger partial charge in [0.2, 0.25) is 5.90 Å². The van der Waals surface area contributed by atoms with Crippen molar-refractivity contribution in [1.82, 2.24) is 0 Å². The third kappa shape index (κ3) is 5.35. The predicted molar refractivity (Wildman–Crippen MR) is 133 cm³/mol. The van der Waals surface area contributed by atoms with Crippen LogP contribution in [0.3, 0.4) is 0 Å². The number of benzene rings is 3. The molecule has 0 aromatic heterocycles. The summed E-state index contributed by atoms with van der Waals surface area (Å²) >= 11 is 0. The zero-order valence-electron chi connectivity index (χ0n) is 18.9. The van der Waals surface area contributed by atoms with E-state index in [4.69, 9.17) is 9.73 Å². The first-order valence-corrected chi connectivity index (χ1v) is 11.8. The fourth-order valence-electron chi connectivity index (χ4n) is 4.27. The Hall–Kier alpha value is -1.78. The first-order valence-electron chi connectivity index (χ1n) is 10.3. The van der Waals surface area contributed by atoms with Gasteiger partial charge in [-0.2, -0.15) is 0 Å². The molecule has 0 N–H and O–H groups in total. The molecule has 0 unspecified atom stereocenters. The molecule has 0 saturated carbocycles. The Balaban J connectivity index is 0.00000171. The molecule has 0 saturated heterocycles. The van der Waals surface area contributed by atoms with E-state index in [1.54, 1.807) is 0 Å². The van der Waals surface area contributed by atoms with Crippen molar-refractivity contribution in [2.24, 2.45) is 10.9 Å². The third-order valence-electron chi connectivity index (χ3n) is 5.51. The summed E-state index contributed by atoms with van der Waals surface area (Å²) in [7, 11) is -1.18. The maximum atomic E-state index is 6.44. The SMILES string of the molecule is CC(C)[C@H]1N=C(c2ccccc2[PH+](c2ccccc2)c2ccccc2)OC1(C)C.[CH3-].[Pd]. The fraction of sp³-hybridized carbons (Fsp3) is 0.259. The molecule has 4 rings (SSSR count). The largest absolute Gasteiger partial charge is 0.469 e. The Bertz CT molecular complexity index is 963. The summed E-state index contributed by atoms with van der Waals surface area (Å²) in [5, 5.41) is 4.07. The predicted octanol–water partition coefficient (Wildman–Crippen LogP) is 5.20. The number of aliphatic imine (C=N–C) groups is 1. The smallest absolute Gasteiger partial charge is 0.221 e. The monoisotopic (exact) mass is 523 g/mol. The van der Waals surface area contributed by atoms with Crippen LogP contribution >= 0.6 is 7.92 Å². The molecule has 0 spiro atoms. The molecule has 31 heavy (non-hydrogen) atoms. The molecular formula is C27H32NOPPd. The van der Waals surface area contributed by atoms with Crippen LogP contribution in [0.25, 0.3) is 0 Å². The van der Waals surface area contributed by atoms with E-state index < -0.39 is 7.92 Å². The summed E-state index contributed by atoms with van der Waals surface area (Å²) in [5.41, 5.74) is 0.841. The molecule has 166 valence electrons. The maximum absolute atomic E-state index is 6.44. The number of hydrogen-bond donors (Lipinski definition) is 0. The van der Waals surface area contributed by atoms with E-state index in [-0.39, 0.29) is 39.5 Å². The number of nitrogens with zero attached hydrogens (tertiary/aromatic N) is 1. The molecule has 3 aromatic carbocycles. The van der Waals surface area contributed by atoms with Gasteiger partial charge < -0.3 is 12.2 Å². The maximum Gasteiger partial charge on any atom is 0.221 e. The van der Waals surface area contributed by atoms with Crippen molar-refractivity contribution in [3.05, 3.63) is 97.9 Å². The minimum Gasteiger partial charge on any atom is -0.469 e. The minimum absolute atomic E-state index is 0. The summed E-state index contributed by atoms with van der Waals surface area (Å²) < 4.78 is 6.44. The van der Waals surface area contributed by atoms with Gasteiger partial charge >= 0.3 is 0 Å². The Morgan fingerprint density at radius 2 is 1.29 bits per heavy atom. The molecule has 3 aromatic rings. The van der Waals surface area contributed by atoms with Crippen molar-refractivity contribution < 1.29 is 25.2 Å². The molecule has 1 atom stereocenters. The van der Waals surface area contributed by atoms with Gasteiger partial charge in [0.05, 0.1) is 19.5 Å². The molecule has 0 fully saturated rings. The van der Waals surface area contributed by atoms with Crippen LogP contribution in [0.5, 0.6) is 0 Å². The molecule has 2 nitrogen and oxygen atoms in total. The van der Waals surface area contributed by atoms with E-state index in [0.717, 1.165) is 11.5 Å². The molecule has 0 amide bonds. The van der Waals surface area contributed by atoms with Crippen molar-refractivity contribution in [3.63, 3.8) is 0 Å². The van der Waals surface area contributed by atoms with Gasteiger partial charge in [0, 0.05) is 20.4 Å². The van der Waals surface area contributed by atoms with Gasteiger partial charge in [-0.25, -0.2) is 4.99 Å². The minimum atomic E-state index is -1.18. The van der Waals surface area contributed by atoms with Crippen LogP contribution in [0.2, 0.25) is 0 Å². The number of ether oxygens (including phenoxy) is 1. The zero-order chi connectivity index (χ0) is 20.4. The van der Waals surface area contributed by atoms with Crippen molar-refractivity contribution in [2.45, 2.75) is 39.3 Å². The molecule has 4 heteroatoms. The van der Waals surface area contributed by atoms with E-state index in [1.807, 2.05) is 0 Å². The summed E-state index contributed by atoms with van der Waals surface area (Å²) in [5.74, 6) is 1.22. The zero-order valence-corrected chi connectivity index (χ0v) is 21.5. The Kier molecular flexibility index (Phi) is 8.79. The van der Waals surface area contributed by atoms with E-state index in [0.29, 0.717) is 5.92 Å². The van der Waals surface area contributed by atoms with Crippen LogP contribution in [0.4, 0.5) is 0 Å². The van der Waals surface area contributed by atoms with Gasteiger partial charge in [-0.15, -0.1) is 0 Å². The van der Waals surface area contributed by atoms with Gasteiger partial charge in [-0.3, -0.25) is 0 Å². The Morgan fingerprint density at radius 3 is 1.77 bits per heavy atom. The van der Waals surface area contributed by atoms with Crippen LogP contribution in [0.15, 0.2) is 89.9 Å². The van der Waals surface area contributed by atoms with Gasteiger partial charge in [0.15, 0.2) is 0 Å². The van der Waals surface area contributed by atoms with Crippen molar-refractivity contribution in [2.75, 3.05) is 0 Å². The Morgan fingerprint density at radius 1 is 0.806 bits per heavy atom. The van der Waals surface area contributed by atoms with E-state index in [1.165, 1.54) is 15.9 Å². The van der Waals surface area contributed by atoms with E-state index >= 15 is 0 Å². The van der Waals surface area contributed by atoms with Crippen LogP contribution in [-0.4, -0.2) is 17.5 Å². The molecule has 1 aliphatic rings. The average Bonchev–Trinajstić information content (AvgIpc) is 3.06. The Labute approximate surface area is 202 Å². The quantitative estimate of drug-likeness (QED) is 0.256. The number of hydrogen-bond acceptors (Lipinski definition) is 2. The molecule has 1 heterocycles. The fourth-order valence-corrected chi connectivity index (χ4v) is 7.00. The van der Waals surface area contributed by atoms with Crippen LogP contribution in [-0.2, 0) is 25.2 Å². The molecule has 0 aliphatic carbocycles.